The van der Waals surface area contributed by atoms with Crippen LogP contribution in [-0.4, -0.2) is 98.0 Å². The summed E-state index contributed by atoms with van der Waals surface area (Å²) in [5, 5.41) is 0. The quantitative estimate of drug-likeness (QED) is 0.661. The number of nitrogens with zero attached hydrogens (tertiary/aromatic N) is 4. The Bertz CT molecular complexity index is 896. The van der Waals surface area contributed by atoms with Crippen molar-refractivity contribution in [3.8, 4) is 0 Å². The van der Waals surface area contributed by atoms with E-state index in [1.165, 1.54) is 17.0 Å². The SMILES string of the molecule is O=C(CN1CCOCC1)N1CCN(C(=O)C2CC(=O)N(c3cccc(C(F)(F)F)c3)C2)CC1. The number of carbonyl (C=O) groups is 3. The van der Waals surface area contributed by atoms with E-state index in [1.807, 2.05) is 0 Å². The van der Waals surface area contributed by atoms with E-state index in [0.29, 0.717) is 45.9 Å². The summed E-state index contributed by atoms with van der Waals surface area (Å²) < 4.78 is 44.3. The summed E-state index contributed by atoms with van der Waals surface area (Å²) in [5.74, 6) is -1.15. The van der Waals surface area contributed by atoms with Gasteiger partial charge in [0.1, 0.15) is 0 Å². The number of amides is 3. The molecular weight excluding hydrogens is 441 g/mol. The van der Waals surface area contributed by atoms with Crippen molar-refractivity contribution < 1.29 is 32.3 Å². The first-order valence-corrected chi connectivity index (χ1v) is 11.1. The van der Waals surface area contributed by atoms with E-state index < -0.39 is 17.7 Å². The molecule has 33 heavy (non-hydrogen) atoms. The fourth-order valence-electron chi connectivity index (χ4n) is 4.46. The lowest BCUT2D eigenvalue weighted by molar-refractivity contribution is -0.142. The number of piperazine rings is 1. The molecule has 8 nitrogen and oxygen atoms in total. The number of carbonyl (C=O) groups excluding carboxylic acids is 3. The zero-order valence-electron chi connectivity index (χ0n) is 18.2. The van der Waals surface area contributed by atoms with E-state index in [9.17, 15) is 27.6 Å². The van der Waals surface area contributed by atoms with Gasteiger partial charge in [-0.2, -0.15) is 13.2 Å². The highest BCUT2D eigenvalue weighted by atomic mass is 19.4. The summed E-state index contributed by atoms with van der Waals surface area (Å²) in [6.07, 6.45) is -4.54. The van der Waals surface area contributed by atoms with Crippen LogP contribution in [-0.2, 0) is 25.3 Å². The number of hydrogen-bond acceptors (Lipinski definition) is 5. The monoisotopic (exact) mass is 468 g/mol. The maximum absolute atomic E-state index is 13.0. The van der Waals surface area contributed by atoms with Crippen LogP contribution in [0.25, 0.3) is 0 Å². The lowest BCUT2D eigenvalue weighted by Gasteiger charge is -2.37. The maximum atomic E-state index is 13.0. The highest BCUT2D eigenvalue weighted by molar-refractivity contribution is 6.00. The molecule has 0 bridgehead atoms. The first kappa shape index (κ1) is 23.5. The number of rotatable bonds is 4. The lowest BCUT2D eigenvalue weighted by atomic mass is 10.1. The highest BCUT2D eigenvalue weighted by Crippen LogP contribution is 2.33. The molecule has 1 unspecified atom stereocenters. The van der Waals surface area contributed by atoms with Gasteiger partial charge < -0.3 is 19.4 Å². The molecule has 1 atom stereocenters. The number of benzene rings is 1. The van der Waals surface area contributed by atoms with Crippen LogP contribution in [0, 0.1) is 5.92 Å². The number of anilines is 1. The molecule has 3 amide bonds. The largest absolute Gasteiger partial charge is 0.416 e. The van der Waals surface area contributed by atoms with Gasteiger partial charge in [-0.25, -0.2) is 0 Å². The molecule has 4 rings (SSSR count). The van der Waals surface area contributed by atoms with Crippen molar-refractivity contribution >= 4 is 23.4 Å². The number of ether oxygens (including phenoxy) is 1. The first-order chi connectivity index (χ1) is 15.7. The zero-order valence-corrected chi connectivity index (χ0v) is 18.2. The van der Waals surface area contributed by atoms with Gasteiger partial charge in [-0.15, -0.1) is 0 Å². The Balaban J connectivity index is 1.30. The van der Waals surface area contributed by atoms with Crippen LogP contribution in [0.2, 0.25) is 0 Å². The van der Waals surface area contributed by atoms with Crippen LogP contribution in [0.1, 0.15) is 12.0 Å². The molecule has 3 fully saturated rings. The Morgan fingerprint density at radius 3 is 2.33 bits per heavy atom. The summed E-state index contributed by atoms with van der Waals surface area (Å²) >= 11 is 0. The van der Waals surface area contributed by atoms with Gasteiger partial charge in [-0.3, -0.25) is 19.3 Å². The van der Waals surface area contributed by atoms with Crippen LogP contribution in [0.3, 0.4) is 0 Å². The molecule has 3 aliphatic rings. The minimum absolute atomic E-state index is 0.0239. The third-order valence-electron chi connectivity index (χ3n) is 6.37. The smallest absolute Gasteiger partial charge is 0.379 e. The van der Waals surface area contributed by atoms with Crippen LogP contribution in [0.5, 0.6) is 0 Å². The predicted molar refractivity (Wildman–Crippen MR) is 112 cm³/mol. The van der Waals surface area contributed by atoms with Gasteiger partial charge in [0.15, 0.2) is 0 Å². The van der Waals surface area contributed by atoms with Crippen molar-refractivity contribution in [1.29, 1.82) is 0 Å². The van der Waals surface area contributed by atoms with Crippen LogP contribution in [0.4, 0.5) is 18.9 Å². The summed E-state index contributed by atoms with van der Waals surface area (Å²) in [6.45, 7) is 4.67. The molecule has 0 saturated carbocycles. The second-order valence-electron chi connectivity index (χ2n) is 8.55. The third-order valence-corrected chi connectivity index (χ3v) is 6.37. The summed E-state index contributed by atoms with van der Waals surface area (Å²) in [6, 6.07) is 4.59. The van der Waals surface area contributed by atoms with E-state index in [4.69, 9.17) is 4.74 Å². The normalized spacial score (nSPS) is 22.7. The van der Waals surface area contributed by atoms with E-state index in [2.05, 4.69) is 4.90 Å². The minimum atomic E-state index is -4.51. The van der Waals surface area contributed by atoms with Gasteiger partial charge in [-0.05, 0) is 18.2 Å². The third kappa shape index (κ3) is 5.47. The fraction of sp³-hybridized carbons (Fsp3) is 0.591. The van der Waals surface area contributed by atoms with Crippen LogP contribution >= 0.6 is 0 Å². The first-order valence-electron chi connectivity index (χ1n) is 11.1. The van der Waals surface area contributed by atoms with Gasteiger partial charge in [-0.1, -0.05) is 6.07 Å². The molecule has 1 aromatic carbocycles. The van der Waals surface area contributed by atoms with E-state index >= 15 is 0 Å². The number of halogens is 3. The Morgan fingerprint density at radius 2 is 1.67 bits per heavy atom. The molecule has 3 heterocycles. The number of hydrogen-bond donors (Lipinski definition) is 0. The van der Waals surface area contributed by atoms with Gasteiger partial charge in [0.25, 0.3) is 0 Å². The van der Waals surface area contributed by atoms with Crippen molar-refractivity contribution in [2.24, 2.45) is 5.92 Å². The zero-order chi connectivity index (χ0) is 23.6. The van der Waals surface area contributed by atoms with Gasteiger partial charge in [0, 0.05) is 57.9 Å². The maximum Gasteiger partial charge on any atom is 0.416 e. The standard InChI is InChI=1S/C22H27F3N4O4/c23-22(24,25)17-2-1-3-18(13-17)29-14-16(12-19(29)30)21(32)28-6-4-27(5-7-28)20(31)15-26-8-10-33-11-9-26/h1-3,13,16H,4-12,14-15H2. The number of alkyl halides is 3. The highest BCUT2D eigenvalue weighted by Gasteiger charge is 2.39. The topological polar surface area (TPSA) is 73.4 Å². The number of morpholine rings is 1. The summed E-state index contributed by atoms with van der Waals surface area (Å²) in [4.78, 5) is 44.7. The summed E-state index contributed by atoms with van der Waals surface area (Å²) in [7, 11) is 0. The molecular formula is C22H27F3N4O4. The Morgan fingerprint density at radius 1 is 1.00 bits per heavy atom. The predicted octanol–water partition coefficient (Wildman–Crippen LogP) is 1.06. The molecule has 0 N–H and O–H groups in total. The lowest BCUT2D eigenvalue weighted by Crippen LogP contribution is -2.54. The van der Waals surface area contributed by atoms with Crippen molar-refractivity contribution in [3.63, 3.8) is 0 Å². The van der Waals surface area contributed by atoms with Crippen LogP contribution in [0.15, 0.2) is 24.3 Å². The second kappa shape index (κ2) is 9.68. The molecule has 0 aromatic heterocycles. The molecule has 3 saturated heterocycles. The second-order valence-corrected chi connectivity index (χ2v) is 8.55. The van der Waals surface area contributed by atoms with Crippen molar-refractivity contribution in [3.05, 3.63) is 29.8 Å². The Labute approximate surface area is 189 Å². The molecule has 11 heteroatoms. The average molecular weight is 468 g/mol. The average Bonchev–Trinajstić information content (AvgIpc) is 3.20. The van der Waals surface area contributed by atoms with Crippen molar-refractivity contribution in [1.82, 2.24) is 14.7 Å². The Kier molecular flexibility index (Phi) is 6.89. The molecule has 0 spiro atoms. The van der Waals surface area contributed by atoms with E-state index in [0.717, 1.165) is 25.2 Å². The molecule has 180 valence electrons. The molecule has 0 aliphatic carbocycles. The summed E-state index contributed by atoms with van der Waals surface area (Å²) in [5.41, 5.74) is -0.691. The molecule has 3 aliphatic heterocycles. The molecule has 1 aromatic rings. The molecule has 0 radical (unpaired) electrons. The van der Waals surface area contributed by atoms with Gasteiger partial charge in [0.2, 0.25) is 17.7 Å². The van der Waals surface area contributed by atoms with Crippen molar-refractivity contribution in [2.75, 3.05) is 70.5 Å². The Hall–Kier alpha value is -2.66. The van der Waals surface area contributed by atoms with Crippen LogP contribution < -0.4 is 4.90 Å². The van der Waals surface area contributed by atoms with Gasteiger partial charge >= 0.3 is 6.18 Å². The van der Waals surface area contributed by atoms with E-state index in [-0.39, 0.29) is 36.4 Å². The van der Waals surface area contributed by atoms with E-state index in [1.54, 1.807) is 9.80 Å². The fourth-order valence-corrected chi connectivity index (χ4v) is 4.46. The van der Waals surface area contributed by atoms with Gasteiger partial charge in [0.05, 0.1) is 31.2 Å². The minimum Gasteiger partial charge on any atom is -0.379 e. The van der Waals surface area contributed by atoms with Crippen molar-refractivity contribution in [2.45, 2.75) is 12.6 Å².